The molecule has 5 radical (unpaired) electrons. The maximum absolute atomic E-state index is 4.20. The van der Waals surface area contributed by atoms with Crippen molar-refractivity contribution in [1.82, 2.24) is 0 Å². The van der Waals surface area contributed by atoms with E-state index in [9.17, 15) is 0 Å². The zero-order valence-corrected chi connectivity index (χ0v) is 16.8. The molecule has 0 aliphatic carbocycles. The van der Waals surface area contributed by atoms with Crippen molar-refractivity contribution in [2.45, 2.75) is 18.1 Å². The van der Waals surface area contributed by atoms with Crippen LogP contribution in [0, 0.1) is 0 Å². The predicted molar refractivity (Wildman–Crippen MR) is 108 cm³/mol. The van der Waals surface area contributed by atoms with Crippen LogP contribution < -0.4 is 0 Å². The summed E-state index contributed by atoms with van der Waals surface area (Å²) in [7, 11) is 3.12. The van der Waals surface area contributed by atoms with Gasteiger partial charge in [-0.15, -0.1) is 0 Å². The Morgan fingerprint density at radius 1 is 0.500 bits per heavy atom. The molecule has 0 saturated carbocycles. The minimum atomic E-state index is -0.568. The first-order valence-corrected chi connectivity index (χ1v) is 14.5. The molecule has 3 aromatic carbocycles. The van der Waals surface area contributed by atoms with Crippen molar-refractivity contribution in [3.05, 3.63) is 108 Å². The first kappa shape index (κ1) is 17.1. The summed E-state index contributed by atoms with van der Waals surface area (Å²) < 4.78 is 0. The topological polar surface area (TPSA) is 0 Å². The molecule has 0 unspecified atom stereocenters. The molecule has 0 aliphatic heterocycles. The molecule has 3 heteroatoms. The van der Waals surface area contributed by atoms with E-state index in [1.165, 1.54) is 34.8 Å². The zero-order chi connectivity index (χ0) is 16.6. The lowest BCUT2D eigenvalue weighted by Gasteiger charge is -2.22. The molecular formula is C21H21Si3. The zero-order valence-electron chi connectivity index (χ0n) is 13.8. The van der Waals surface area contributed by atoms with Crippen molar-refractivity contribution in [1.29, 1.82) is 0 Å². The Morgan fingerprint density at radius 3 is 1.21 bits per heavy atom. The van der Waals surface area contributed by atoms with Crippen LogP contribution in [0.15, 0.2) is 91.0 Å². The van der Waals surface area contributed by atoms with Crippen LogP contribution >= 0.6 is 0 Å². The summed E-state index contributed by atoms with van der Waals surface area (Å²) in [5.41, 5.74) is 4.43. The van der Waals surface area contributed by atoms with Crippen LogP contribution in [-0.4, -0.2) is 25.9 Å². The summed E-state index contributed by atoms with van der Waals surface area (Å²) in [6.45, 7) is 0. The number of hydrogen-bond acceptors (Lipinski definition) is 0. The van der Waals surface area contributed by atoms with Gasteiger partial charge in [0.05, 0.1) is 0 Å². The Bertz CT molecular complexity index is 672. The fourth-order valence-corrected chi connectivity index (χ4v) is 11.9. The molecule has 0 nitrogen and oxygen atoms in total. The molecule has 0 aromatic heterocycles. The van der Waals surface area contributed by atoms with Crippen LogP contribution in [0.1, 0.15) is 16.7 Å². The van der Waals surface area contributed by atoms with Gasteiger partial charge in [-0.05, 0) is 18.1 Å². The molecule has 0 amide bonds. The molecule has 0 bridgehead atoms. The monoisotopic (exact) mass is 357 g/mol. The van der Waals surface area contributed by atoms with E-state index in [-0.39, 0.29) is 0 Å². The molecule has 0 N–H and O–H groups in total. The smallest absolute Gasteiger partial charge is 0.0438 e. The van der Waals surface area contributed by atoms with E-state index in [2.05, 4.69) is 101 Å². The second-order valence-electron chi connectivity index (χ2n) is 6.07. The molecule has 0 aliphatic rings. The number of rotatable bonds is 7. The van der Waals surface area contributed by atoms with Crippen molar-refractivity contribution >= 4 is 25.9 Å². The molecule has 0 heterocycles. The molecule has 0 fully saturated rings. The highest BCUT2D eigenvalue weighted by Gasteiger charge is 2.22. The van der Waals surface area contributed by atoms with E-state index in [4.69, 9.17) is 0 Å². The van der Waals surface area contributed by atoms with E-state index in [0.717, 1.165) is 0 Å². The fraction of sp³-hybridized carbons (Fsp3) is 0.143. The van der Waals surface area contributed by atoms with Gasteiger partial charge in [0.15, 0.2) is 0 Å². The molecular weight excluding hydrogens is 336 g/mol. The molecule has 3 rings (SSSR count). The minimum Gasteiger partial charge on any atom is -0.0622 e. The summed E-state index contributed by atoms with van der Waals surface area (Å²) in [4.78, 5) is 0. The van der Waals surface area contributed by atoms with Gasteiger partial charge in [-0.2, -0.15) is 0 Å². The standard InChI is InChI=1S/C21H21Si3/c22-24(18-21-14-8-3-9-15-21)23(16-19-10-4-1-5-11-19)17-20-12-6-2-7-13-20/h1-15H,16-18H2. The Morgan fingerprint density at radius 2 is 0.833 bits per heavy atom. The molecule has 0 saturated heterocycles. The van der Waals surface area contributed by atoms with Crippen LogP contribution in [0.2, 0.25) is 0 Å². The van der Waals surface area contributed by atoms with Crippen molar-refractivity contribution in [2.24, 2.45) is 0 Å². The van der Waals surface area contributed by atoms with Crippen molar-refractivity contribution < 1.29 is 0 Å². The Kier molecular flexibility index (Phi) is 6.41. The minimum absolute atomic E-state index is 0.509. The lowest BCUT2D eigenvalue weighted by molar-refractivity contribution is 1.28. The van der Waals surface area contributed by atoms with E-state index in [0.29, 0.717) is 0 Å². The van der Waals surface area contributed by atoms with Crippen LogP contribution in [0.4, 0.5) is 0 Å². The Hall–Kier alpha value is -1.69. The normalized spacial score (nSPS) is 11.1. The number of benzene rings is 3. The maximum Gasteiger partial charge on any atom is 0.0438 e. The highest BCUT2D eigenvalue weighted by Crippen LogP contribution is 2.12. The van der Waals surface area contributed by atoms with Crippen LogP contribution in [0.3, 0.4) is 0 Å². The largest absolute Gasteiger partial charge is 0.0622 e. The maximum atomic E-state index is 4.20. The Balaban J connectivity index is 1.75. The van der Waals surface area contributed by atoms with Gasteiger partial charge in [0.25, 0.3) is 0 Å². The summed E-state index contributed by atoms with van der Waals surface area (Å²) in [6, 6.07) is 36.6. The van der Waals surface area contributed by atoms with Crippen LogP contribution in [-0.2, 0) is 18.1 Å². The predicted octanol–water partition coefficient (Wildman–Crippen LogP) is 4.07. The van der Waals surface area contributed by atoms with E-state index >= 15 is 0 Å². The SMILES string of the molecule is [Si][Si](Cc1ccccc1)[Si](Cc1ccccc1)Cc1ccccc1. The van der Waals surface area contributed by atoms with Gasteiger partial charge in [-0.25, -0.2) is 0 Å². The average molecular weight is 358 g/mol. The summed E-state index contributed by atoms with van der Waals surface area (Å²) in [5.74, 6) is 0. The van der Waals surface area contributed by atoms with Crippen LogP contribution in [0.5, 0.6) is 0 Å². The van der Waals surface area contributed by atoms with E-state index in [1.54, 1.807) is 0 Å². The van der Waals surface area contributed by atoms with Gasteiger partial charge in [-0.1, -0.05) is 108 Å². The first-order chi connectivity index (χ1) is 11.8. The second-order valence-corrected chi connectivity index (χ2v) is 16.5. The third kappa shape index (κ3) is 5.16. The quantitative estimate of drug-likeness (QED) is 0.559. The molecule has 3 aromatic rings. The molecule has 117 valence electrons. The van der Waals surface area contributed by atoms with Crippen molar-refractivity contribution in [2.75, 3.05) is 0 Å². The summed E-state index contributed by atoms with van der Waals surface area (Å²) >= 11 is 0. The average Bonchev–Trinajstić information content (AvgIpc) is 2.64. The van der Waals surface area contributed by atoms with Gasteiger partial charge in [-0.3, -0.25) is 0 Å². The van der Waals surface area contributed by atoms with E-state index < -0.39 is 16.1 Å². The summed E-state index contributed by atoms with van der Waals surface area (Å²) in [6.07, 6.45) is 0. The van der Waals surface area contributed by atoms with Crippen molar-refractivity contribution in [3.8, 4) is 0 Å². The molecule has 0 spiro atoms. The van der Waals surface area contributed by atoms with E-state index in [1.807, 2.05) is 0 Å². The van der Waals surface area contributed by atoms with Gasteiger partial charge in [0, 0.05) is 25.9 Å². The fourth-order valence-electron chi connectivity index (χ4n) is 2.89. The third-order valence-corrected chi connectivity index (χ3v) is 15.3. The van der Waals surface area contributed by atoms with Crippen LogP contribution in [0.25, 0.3) is 0 Å². The lowest BCUT2D eigenvalue weighted by Crippen LogP contribution is -2.43. The van der Waals surface area contributed by atoms with Gasteiger partial charge in [0.1, 0.15) is 0 Å². The Labute approximate surface area is 151 Å². The number of hydrogen-bond donors (Lipinski definition) is 0. The summed E-state index contributed by atoms with van der Waals surface area (Å²) in [5, 5.41) is 0. The van der Waals surface area contributed by atoms with Crippen molar-refractivity contribution in [3.63, 3.8) is 0 Å². The highest BCUT2D eigenvalue weighted by molar-refractivity contribution is 7.40. The highest BCUT2D eigenvalue weighted by atomic mass is 29.6. The third-order valence-electron chi connectivity index (χ3n) is 4.17. The van der Waals surface area contributed by atoms with Gasteiger partial charge in [0.2, 0.25) is 0 Å². The van der Waals surface area contributed by atoms with Gasteiger partial charge >= 0.3 is 0 Å². The first-order valence-electron chi connectivity index (χ1n) is 8.35. The molecule has 0 atom stereocenters. The second kappa shape index (κ2) is 8.97. The lowest BCUT2D eigenvalue weighted by atomic mass is 10.2. The molecule has 24 heavy (non-hydrogen) atoms. The van der Waals surface area contributed by atoms with Gasteiger partial charge < -0.3 is 0 Å².